The van der Waals surface area contributed by atoms with Crippen molar-refractivity contribution >= 4 is 5.91 Å². The molecule has 0 N–H and O–H groups in total. The van der Waals surface area contributed by atoms with Crippen molar-refractivity contribution in [2.24, 2.45) is 11.8 Å². The van der Waals surface area contributed by atoms with Crippen molar-refractivity contribution in [1.82, 2.24) is 4.90 Å². The van der Waals surface area contributed by atoms with Crippen molar-refractivity contribution in [2.75, 3.05) is 13.1 Å². The Morgan fingerprint density at radius 3 is 2.85 bits per heavy atom. The second-order valence-electron chi connectivity index (χ2n) is 4.08. The van der Waals surface area contributed by atoms with Gasteiger partial charge in [-0.3, -0.25) is 4.79 Å². The molecule has 13 heavy (non-hydrogen) atoms. The number of nitrogens with zero attached hydrogens (tertiary/aromatic N) is 1. The summed E-state index contributed by atoms with van der Waals surface area (Å²) in [5, 5.41) is 0. The van der Waals surface area contributed by atoms with Gasteiger partial charge in [-0.15, -0.1) is 6.58 Å². The number of carbonyl (C=O) groups is 1. The first kappa shape index (κ1) is 10.3. The fourth-order valence-electron chi connectivity index (χ4n) is 1.77. The van der Waals surface area contributed by atoms with E-state index in [9.17, 15) is 4.79 Å². The molecule has 1 rings (SSSR count). The van der Waals surface area contributed by atoms with E-state index in [-0.39, 0.29) is 11.8 Å². The minimum absolute atomic E-state index is 0.128. The normalized spacial score (nSPS) is 23.3. The van der Waals surface area contributed by atoms with Gasteiger partial charge in [0.05, 0.1) is 0 Å². The van der Waals surface area contributed by atoms with E-state index in [2.05, 4.69) is 6.58 Å². The minimum Gasteiger partial charge on any atom is -0.342 e. The van der Waals surface area contributed by atoms with Gasteiger partial charge < -0.3 is 4.90 Å². The van der Waals surface area contributed by atoms with Gasteiger partial charge in [-0.05, 0) is 18.8 Å². The Morgan fingerprint density at radius 1 is 1.62 bits per heavy atom. The number of amides is 1. The number of hydrogen-bond donors (Lipinski definition) is 0. The van der Waals surface area contributed by atoms with Crippen molar-refractivity contribution in [2.45, 2.75) is 26.7 Å². The second kappa shape index (κ2) is 4.45. The Labute approximate surface area is 80.6 Å². The zero-order chi connectivity index (χ0) is 9.84. The second-order valence-corrected chi connectivity index (χ2v) is 4.08. The van der Waals surface area contributed by atoms with Crippen LogP contribution in [0, 0.1) is 11.8 Å². The Bertz CT molecular complexity index is 198. The Hall–Kier alpha value is -0.790. The average molecular weight is 181 g/mol. The molecule has 1 aliphatic rings. The van der Waals surface area contributed by atoms with Gasteiger partial charge >= 0.3 is 0 Å². The van der Waals surface area contributed by atoms with Crippen LogP contribution in [0.4, 0.5) is 0 Å². The lowest BCUT2D eigenvalue weighted by atomic mass is 9.97. The number of hydrogen-bond acceptors (Lipinski definition) is 1. The summed E-state index contributed by atoms with van der Waals surface area (Å²) in [5.41, 5.74) is 0. The molecule has 1 saturated heterocycles. The summed E-state index contributed by atoms with van der Waals surface area (Å²) in [6.07, 6.45) is 4.28. The third kappa shape index (κ3) is 2.58. The number of rotatable bonds is 2. The van der Waals surface area contributed by atoms with Gasteiger partial charge in [0.15, 0.2) is 0 Å². The predicted octanol–water partition coefficient (Wildman–Crippen LogP) is 2.07. The molecule has 1 heterocycles. The van der Waals surface area contributed by atoms with Crippen LogP contribution >= 0.6 is 0 Å². The maximum Gasteiger partial charge on any atom is 0.225 e. The van der Waals surface area contributed by atoms with Crippen molar-refractivity contribution < 1.29 is 4.79 Å². The smallest absolute Gasteiger partial charge is 0.225 e. The first-order chi connectivity index (χ1) is 6.15. The van der Waals surface area contributed by atoms with E-state index in [0.29, 0.717) is 5.92 Å². The summed E-state index contributed by atoms with van der Waals surface area (Å²) in [6, 6.07) is 0. The molecule has 0 saturated carbocycles. The van der Waals surface area contributed by atoms with Crippen LogP contribution in [0.25, 0.3) is 0 Å². The number of likely N-dealkylation sites (tertiary alicyclic amines) is 1. The van der Waals surface area contributed by atoms with Crippen molar-refractivity contribution in [1.29, 1.82) is 0 Å². The molecular weight excluding hydrogens is 162 g/mol. The zero-order valence-corrected chi connectivity index (χ0v) is 8.62. The highest BCUT2D eigenvalue weighted by molar-refractivity contribution is 5.78. The Balaban J connectivity index is 2.51. The lowest BCUT2D eigenvalue weighted by Gasteiger charge is -2.32. The lowest BCUT2D eigenvalue weighted by Crippen LogP contribution is -2.41. The summed E-state index contributed by atoms with van der Waals surface area (Å²) in [4.78, 5) is 13.6. The summed E-state index contributed by atoms with van der Waals surface area (Å²) >= 11 is 0. The van der Waals surface area contributed by atoms with Crippen LogP contribution in [0.3, 0.4) is 0 Å². The summed E-state index contributed by atoms with van der Waals surface area (Å²) in [7, 11) is 0. The monoisotopic (exact) mass is 181 g/mol. The van der Waals surface area contributed by atoms with Crippen LogP contribution < -0.4 is 0 Å². The molecule has 0 spiro atoms. The van der Waals surface area contributed by atoms with Gasteiger partial charge in [0.25, 0.3) is 0 Å². The van der Waals surface area contributed by atoms with Crippen molar-refractivity contribution in [3.8, 4) is 0 Å². The number of carbonyl (C=O) groups excluding carboxylic acids is 1. The van der Waals surface area contributed by atoms with Gasteiger partial charge in [-0.1, -0.05) is 19.9 Å². The van der Waals surface area contributed by atoms with Crippen LogP contribution in [0.2, 0.25) is 0 Å². The van der Waals surface area contributed by atoms with E-state index in [4.69, 9.17) is 0 Å². The molecule has 2 heteroatoms. The van der Waals surface area contributed by atoms with E-state index < -0.39 is 0 Å². The molecule has 0 aliphatic carbocycles. The van der Waals surface area contributed by atoms with Gasteiger partial charge in [0.2, 0.25) is 5.91 Å². The van der Waals surface area contributed by atoms with Gasteiger partial charge in [0, 0.05) is 19.0 Å². The highest BCUT2D eigenvalue weighted by Gasteiger charge is 2.23. The third-order valence-corrected chi connectivity index (χ3v) is 2.60. The standard InChI is InChI=1S/C11H19NO/c1-4-10-6-5-7-12(8-10)11(13)9(2)3/h4,9-10H,1,5-8H2,2-3H3. The van der Waals surface area contributed by atoms with E-state index in [0.717, 1.165) is 19.5 Å². The first-order valence-corrected chi connectivity index (χ1v) is 5.06. The molecular formula is C11H19NO. The lowest BCUT2D eigenvalue weighted by molar-refractivity contribution is -0.135. The van der Waals surface area contributed by atoms with Crippen LogP contribution in [0.1, 0.15) is 26.7 Å². The van der Waals surface area contributed by atoms with Crippen molar-refractivity contribution in [3.05, 3.63) is 12.7 Å². The van der Waals surface area contributed by atoms with E-state index >= 15 is 0 Å². The predicted molar refractivity (Wildman–Crippen MR) is 54.3 cm³/mol. The summed E-state index contributed by atoms with van der Waals surface area (Å²) in [5.74, 6) is 0.923. The van der Waals surface area contributed by atoms with E-state index in [1.807, 2.05) is 24.8 Å². The Morgan fingerprint density at radius 2 is 2.31 bits per heavy atom. The molecule has 2 nitrogen and oxygen atoms in total. The summed E-state index contributed by atoms with van der Waals surface area (Å²) in [6.45, 7) is 9.51. The van der Waals surface area contributed by atoms with Crippen molar-refractivity contribution in [3.63, 3.8) is 0 Å². The maximum absolute atomic E-state index is 11.7. The first-order valence-electron chi connectivity index (χ1n) is 5.06. The third-order valence-electron chi connectivity index (χ3n) is 2.60. The van der Waals surface area contributed by atoms with Gasteiger partial charge in [-0.25, -0.2) is 0 Å². The van der Waals surface area contributed by atoms with Gasteiger partial charge in [0.1, 0.15) is 0 Å². The molecule has 1 amide bonds. The molecule has 0 aromatic carbocycles. The highest BCUT2D eigenvalue weighted by atomic mass is 16.2. The molecule has 1 aliphatic heterocycles. The average Bonchev–Trinajstić information content (AvgIpc) is 2.16. The van der Waals surface area contributed by atoms with Gasteiger partial charge in [-0.2, -0.15) is 0 Å². The molecule has 1 unspecified atom stereocenters. The molecule has 1 fully saturated rings. The minimum atomic E-state index is 0.128. The van der Waals surface area contributed by atoms with Crippen LogP contribution in [0.15, 0.2) is 12.7 Å². The largest absolute Gasteiger partial charge is 0.342 e. The van der Waals surface area contributed by atoms with E-state index in [1.165, 1.54) is 6.42 Å². The van der Waals surface area contributed by atoms with Crippen LogP contribution in [-0.4, -0.2) is 23.9 Å². The molecule has 0 aromatic heterocycles. The van der Waals surface area contributed by atoms with Crippen LogP contribution in [-0.2, 0) is 4.79 Å². The van der Waals surface area contributed by atoms with E-state index in [1.54, 1.807) is 0 Å². The maximum atomic E-state index is 11.7. The Kier molecular flexibility index (Phi) is 3.52. The fraction of sp³-hybridized carbons (Fsp3) is 0.727. The molecule has 0 aromatic rings. The zero-order valence-electron chi connectivity index (χ0n) is 8.62. The SMILES string of the molecule is C=CC1CCCN(C(=O)C(C)C)C1. The highest BCUT2D eigenvalue weighted by Crippen LogP contribution is 2.18. The topological polar surface area (TPSA) is 20.3 Å². The molecule has 0 radical (unpaired) electrons. The summed E-state index contributed by atoms with van der Waals surface area (Å²) < 4.78 is 0. The fourth-order valence-corrected chi connectivity index (χ4v) is 1.77. The molecule has 0 bridgehead atoms. The number of piperidine rings is 1. The quantitative estimate of drug-likeness (QED) is 0.597. The van der Waals surface area contributed by atoms with Crippen LogP contribution in [0.5, 0.6) is 0 Å². The molecule has 1 atom stereocenters. The molecule has 74 valence electrons.